The summed E-state index contributed by atoms with van der Waals surface area (Å²) < 4.78 is 31.9. The van der Waals surface area contributed by atoms with Gasteiger partial charge in [0.05, 0.1) is 10.9 Å². The third-order valence-corrected chi connectivity index (χ3v) is 6.69. The van der Waals surface area contributed by atoms with Crippen LogP contribution in [0.4, 0.5) is 4.79 Å². The van der Waals surface area contributed by atoms with Gasteiger partial charge >= 0.3 is 6.09 Å². The summed E-state index contributed by atoms with van der Waals surface area (Å²) in [6.45, 7) is 2.70. The molecule has 0 radical (unpaired) electrons. The predicted octanol–water partition coefficient (Wildman–Crippen LogP) is 2.30. The fourth-order valence-electron chi connectivity index (χ4n) is 2.18. The summed E-state index contributed by atoms with van der Waals surface area (Å²) in [6.07, 6.45) is 0.909. The summed E-state index contributed by atoms with van der Waals surface area (Å²) in [5.41, 5.74) is 0. The average Bonchev–Trinajstić information content (AvgIpc) is 2.87. The smallest absolute Gasteiger partial charge is 0.407 e. The first kappa shape index (κ1) is 16.5. The maximum atomic E-state index is 12.5. The van der Waals surface area contributed by atoms with Gasteiger partial charge in [-0.25, -0.2) is 13.2 Å². The van der Waals surface area contributed by atoms with E-state index >= 15 is 0 Å². The van der Waals surface area contributed by atoms with Crippen LogP contribution in [0.1, 0.15) is 19.8 Å². The van der Waals surface area contributed by atoms with E-state index in [0.717, 1.165) is 17.8 Å². The highest BCUT2D eigenvalue weighted by Gasteiger charge is 2.32. The Morgan fingerprint density at radius 1 is 1.57 bits per heavy atom. The van der Waals surface area contributed by atoms with Gasteiger partial charge in [-0.05, 0) is 31.9 Å². The molecule has 0 aromatic carbocycles. The molecule has 0 aliphatic carbocycles. The van der Waals surface area contributed by atoms with Crippen LogP contribution in [0.3, 0.4) is 0 Å². The normalized spacial score (nSPS) is 20.2. The highest BCUT2D eigenvalue weighted by Crippen LogP contribution is 2.29. The van der Waals surface area contributed by atoms with Crippen molar-refractivity contribution in [1.29, 1.82) is 0 Å². The van der Waals surface area contributed by atoms with E-state index < -0.39 is 16.1 Å². The van der Waals surface area contributed by atoms with Crippen LogP contribution in [-0.4, -0.2) is 44.6 Å². The first-order valence-electron chi connectivity index (χ1n) is 6.62. The molecule has 2 heterocycles. The lowest BCUT2D eigenvalue weighted by atomic mass is 10.1. The van der Waals surface area contributed by atoms with Crippen molar-refractivity contribution in [2.45, 2.75) is 30.0 Å². The molecule has 21 heavy (non-hydrogen) atoms. The summed E-state index contributed by atoms with van der Waals surface area (Å²) in [4.78, 5) is 11.4. The second-order valence-corrected chi connectivity index (χ2v) is 8.51. The lowest BCUT2D eigenvalue weighted by Gasteiger charge is -2.31. The van der Waals surface area contributed by atoms with Crippen molar-refractivity contribution in [2.75, 3.05) is 19.7 Å². The molecule has 0 spiro atoms. The maximum Gasteiger partial charge on any atom is 0.407 e. The number of sulfonamides is 1. The van der Waals surface area contributed by atoms with Gasteiger partial charge in [0.1, 0.15) is 4.21 Å². The lowest BCUT2D eigenvalue weighted by molar-refractivity contribution is 0.142. The first-order valence-corrected chi connectivity index (χ1v) is 9.25. The van der Waals surface area contributed by atoms with Gasteiger partial charge in [-0.15, -0.1) is 11.3 Å². The predicted molar refractivity (Wildman–Crippen MR) is 81.3 cm³/mol. The number of nitrogens with one attached hydrogen (secondary N) is 1. The van der Waals surface area contributed by atoms with Crippen molar-refractivity contribution >= 4 is 39.1 Å². The third kappa shape index (κ3) is 4.09. The Labute approximate surface area is 133 Å². The Kier molecular flexibility index (Phi) is 5.48. The van der Waals surface area contributed by atoms with Crippen LogP contribution < -0.4 is 5.32 Å². The van der Waals surface area contributed by atoms with E-state index in [2.05, 4.69) is 5.32 Å². The molecule has 1 aliphatic heterocycles. The topological polar surface area (TPSA) is 75.7 Å². The molecule has 1 unspecified atom stereocenters. The number of hydrogen-bond donors (Lipinski definition) is 1. The first-order chi connectivity index (χ1) is 9.93. The number of ether oxygens (including phenoxy) is 1. The molecule has 1 amide bonds. The minimum Gasteiger partial charge on any atom is -0.450 e. The number of carbonyl (C=O) groups excluding carboxylic acids is 1. The van der Waals surface area contributed by atoms with Crippen LogP contribution in [-0.2, 0) is 14.8 Å². The van der Waals surface area contributed by atoms with Crippen molar-refractivity contribution in [3.63, 3.8) is 0 Å². The number of alkyl carbamates (subject to hydrolysis) is 1. The molecule has 9 heteroatoms. The van der Waals surface area contributed by atoms with Gasteiger partial charge in [0, 0.05) is 19.1 Å². The van der Waals surface area contributed by atoms with Gasteiger partial charge < -0.3 is 10.1 Å². The number of thiophene rings is 1. The molecule has 0 saturated carbocycles. The number of rotatable bonds is 4. The SMILES string of the molecule is CCOC(=O)NC1CCCN(S(=O)(=O)c2ccc(Cl)s2)C1. The Hall–Kier alpha value is -0.830. The van der Waals surface area contributed by atoms with E-state index in [0.29, 0.717) is 17.3 Å². The van der Waals surface area contributed by atoms with E-state index in [4.69, 9.17) is 16.3 Å². The summed E-state index contributed by atoms with van der Waals surface area (Å²) in [5, 5.41) is 2.69. The number of hydrogen-bond acceptors (Lipinski definition) is 5. The zero-order valence-corrected chi connectivity index (χ0v) is 13.9. The molecule has 1 atom stereocenters. The molecule has 6 nitrogen and oxygen atoms in total. The highest BCUT2D eigenvalue weighted by molar-refractivity contribution is 7.91. The van der Waals surface area contributed by atoms with E-state index in [1.165, 1.54) is 10.4 Å². The largest absolute Gasteiger partial charge is 0.450 e. The van der Waals surface area contributed by atoms with Crippen LogP contribution in [0.5, 0.6) is 0 Å². The molecule has 2 rings (SSSR count). The number of amides is 1. The van der Waals surface area contributed by atoms with Crippen LogP contribution in [0, 0.1) is 0 Å². The molecule has 0 bridgehead atoms. The number of carbonyl (C=O) groups is 1. The van der Waals surface area contributed by atoms with Crippen LogP contribution >= 0.6 is 22.9 Å². The molecule has 1 saturated heterocycles. The Morgan fingerprint density at radius 2 is 2.33 bits per heavy atom. The van der Waals surface area contributed by atoms with Crippen molar-refractivity contribution < 1.29 is 17.9 Å². The minimum absolute atomic E-state index is 0.226. The summed E-state index contributed by atoms with van der Waals surface area (Å²) in [7, 11) is -3.55. The lowest BCUT2D eigenvalue weighted by Crippen LogP contribution is -2.49. The Balaban J connectivity index is 2.05. The van der Waals surface area contributed by atoms with Gasteiger partial charge in [0.15, 0.2) is 0 Å². The van der Waals surface area contributed by atoms with Crippen molar-refractivity contribution in [2.24, 2.45) is 0 Å². The van der Waals surface area contributed by atoms with Crippen LogP contribution in [0.2, 0.25) is 4.34 Å². The summed E-state index contributed by atoms with van der Waals surface area (Å²) >= 11 is 6.84. The zero-order valence-electron chi connectivity index (χ0n) is 11.5. The van der Waals surface area contributed by atoms with E-state index in [1.54, 1.807) is 13.0 Å². The minimum atomic E-state index is -3.55. The maximum absolute atomic E-state index is 12.5. The molecule has 1 aromatic heterocycles. The second-order valence-electron chi connectivity index (χ2n) is 4.63. The number of nitrogens with zero attached hydrogens (tertiary/aromatic N) is 1. The van der Waals surface area contributed by atoms with Gasteiger partial charge in [0.25, 0.3) is 10.0 Å². The average molecular weight is 353 g/mol. The third-order valence-electron chi connectivity index (χ3n) is 3.12. The van der Waals surface area contributed by atoms with Crippen LogP contribution in [0.15, 0.2) is 16.3 Å². The van der Waals surface area contributed by atoms with E-state index in [-0.39, 0.29) is 23.4 Å². The second kappa shape index (κ2) is 6.95. The molecule has 1 aliphatic rings. The van der Waals surface area contributed by atoms with Crippen molar-refractivity contribution in [3.8, 4) is 0 Å². The standard InChI is InChI=1S/C12H17ClN2O4S2/c1-2-19-12(16)14-9-4-3-7-15(8-9)21(17,18)11-6-5-10(13)20-11/h5-6,9H,2-4,7-8H2,1H3,(H,14,16). The monoisotopic (exact) mass is 352 g/mol. The summed E-state index contributed by atoms with van der Waals surface area (Å²) in [5.74, 6) is 0. The van der Waals surface area contributed by atoms with E-state index in [9.17, 15) is 13.2 Å². The molecule has 1 N–H and O–H groups in total. The van der Waals surface area contributed by atoms with Gasteiger partial charge in [-0.3, -0.25) is 0 Å². The fourth-order valence-corrected chi connectivity index (χ4v) is 5.34. The number of halogens is 1. The molecular formula is C12H17ClN2O4S2. The Morgan fingerprint density at radius 3 is 2.95 bits per heavy atom. The molecule has 118 valence electrons. The fraction of sp³-hybridized carbons (Fsp3) is 0.583. The molecule has 1 aromatic rings. The molecular weight excluding hydrogens is 336 g/mol. The van der Waals surface area contributed by atoms with Gasteiger partial charge in [-0.1, -0.05) is 11.6 Å². The van der Waals surface area contributed by atoms with E-state index in [1.807, 2.05) is 0 Å². The van der Waals surface area contributed by atoms with Crippen LogP contribution in [0.25, 0.3) is 0 Å². The van der Waals surface area contributed by atoms with Gasteiger partial charge in [0.2, 0.25) is 0 Å². The van der Waals surface area contributed by atoms with Crippen molar-refractivity contribution in [1.82, 2.24) is 9.62 Å². The summed E-state index contributed by atoms with van der Waals surface area (Å²) in [6, 6.07) is 2.84. The Bertz CT molecular complexity index is 602. The molecule has 1 fully saturated rings. The highest BCUT2D eigenvalue weighted by atomic mass is 35.5. The van der Waals surface area contributed by atoms with Gasteiger partial charge in [-0.2, -0.15) is 4.31 Å². The van der Waals surface area contributed by atoms with Crippen molar-refractivity contribution in [3.05, 3.63) is 16.5 Å². The quantitative estimate of drug-likeness (QED) is 0.902. The number of piperidine rings is 1. The zero-order chi connectivity index (χ0) is 15.5.